The number of aryl methyl sites for hydroxylation is 1. The summed E-state index contributed by atoms with van der Waals surface area (Å²) in [5.74, 6) is 0. The molecule has 3 nitrogen and oxygen atoms in total. The van der Waals surface area contributed by atoms with Crippen LogP contribution in [0.5, 0.6) is 0 Å². The lowest BCUT2D eigenvalue weighted by Gasteiger charge is -1.96. The molecule has 3 heteroatoms. The SMILES string of the molecule is CCc1ccc2[nH]c(=O)c3ccccc3c(=O)c2c1. The highest BCUT2D eigenvalue weighted by Gasteiger charge is 2.05. The fourth-order valence-electron chi connectivity index (χ4n) is 2.32. The minimum atomic E-state index is -0.230. The molecule has 0 saturated carbocycles. The first-order valence-electron chi connectivity index (χ1n) is 6.28. The van der Waals surface area contributed by atoms with Crippen molar-refractivity contribution in [3.63, 3.8) is 0 Å². The fourth-order valence-corrected chi connectivity index (χ4v) is 2.32. The molecule has 2 aromatic carbocycles. The first kappa shape index (κ1) is 11.7. The molecule has 1 aromatic heterocycles. The van der Waals surface area contributed by atoms with Crippen LogP contribution in [0.15, 0.2) is 52.1 Å². The van der Waals surface area contributed by atoms with Crippen molar-refractivity contribution in [2.24, 2.45) is 0 Å². The van der Waals surface area contributed by atoms with Crippen LogP contribution >= 0.6 is 0 Å². The summed E-state index contributed by atoms with van der Waals surface area (Å²) in [5.41, 5.74) is 1.34. The third kappa shape index (κ3) is 1.83. The van der Waals surface area contributed by atoms with Gasteiger partial charge in [-0.2, -0.15) is 0 Å². The number of aromatic amines is 1. The normalized spacial score (nSPS) is 11.0. The standard InChI is InChI=1S/C16H13NO2/c1-2-10-7-8-14-13(9-10)15(18)11-5-3-4-6-12(11)16(19)17-14/h3-9H,2H2,1H3,(H,17,19). The van der Waals surface area contributed by atoms with Gasteiger partial charge in [0, 0.05) is 10.8 Å². The number of nitrogens with one attached hydrogen (secondary N) is 1. The molecule has 0 amide bonds. The van der Waals surface area contributed by atoms with E-state index in [-0.39, 0.29) is 11.0 Å². The highest BCUT2D eigenvalue weighted by Crippen LogP contribution is 2.12. The van der Waals surface area contributed by atoms with E-state index in [0.717, 1.165) is 12.0 Å². The van der Waals surface area contributed by atoms with Crippen molar-refractivity contribution in [2.45, 2.75) is 13.3 Å². The minimum absolute atomic E-state index is 0.0979. The second kappa shape index (κ2) is 4.35. The lowest BCUT2D eigenvalue weighted by molar-refractivity contribution is 1.14. The van der Waals surface area contributed by atoms with Crippen LogP contribution in [0.2, 0.25) is 0 Å². The maximum atomic E-state index is 12.5. The zero-order valence-electron chi connectivity index (χ0n) is 10.6. The van der Waals surface area contributed by atoms with Gasteiger partial charge in [-0.25, -0.2) is 0 Å². The molecule has 0 radical (unpaired) electrons. The Labute approximate surface area is 109 Å². The average Bonchev–Trinajstić information content (AvgIpc) is 2.56. The van der Waals surface area contributed by atoms with Gasteiger partial charge in [0.15, 0.2) is 5.43 Å². The van der Waals surface area contributed by atoms with Crippen molar-refractivity contribution >= 4 is 21.7 Å². The summed E-state index contributed by atoms with van der Waals surface area (Å²) in [4.78, 5) is 27.5. The van der Waals surface area contributed by atoms with E-state index in [1.165, 1.54) is 0 Å². The van der Waals surface area contributed by atoms with E-state index < -0.39 is 0 Å². The molecule has 19 heavy (non-hydrogen) atoms. The van der Waals surface area contributed by atoms with Crippen LogP contribution in [0.3, 0.4) is 0 Å². The molecule has 1 heterocycles. The second-order valence-corrected chi connectivity index (χ2v) is 4.56. The summed E-state index contributed by atoms with van der Waals surface area (Å²) in [6.07, 6.45) is 0.857. The number of aromatic nitrogens is 1. The number of hydrogen-bond donors (Lipinski definition) is 1. The van der Waals surface area contributed by atoms with Gasteiger partial charge in [0.1, 0.15) is 0 Å². The van der Waals surface area contributed by atoms with Crippen LogP contribution in [0.25, 0.3) is 21.7 Å². The molecule has 94 valence electrons. The van der Waals surface area contributed by atoms with Crippen molar-refractivity contribution < 1.29 is 0 Å². The van der Waals surface area contributed by atoms with Gasteiger partial charge >= 0.3 is 0 Å². The van der Waals surface area contributed by atoms with E-state index in [9.17, 15) is 9.59 Å². The summed E-state index contributed by atoms with van der Waals surface area (Å²) in [5, 5.41) is 1.46. The third-order valence-corrected chi connectivity index (χ3v) is 3.40. The molecule has 0 spiro atoms. The van der Waals surface area contributed by atoms with Gasteiger partial charge in [-0.1, -0.05) is 31.2 Å². The van der Waals surface area contributed by atoms with Gasteiger partial charge in [-0.3, -0.25) is 9.59 Å². The predicted octanol–water partition coefficient (Wildman–Crippen LogP) is 2.60. The number of benzene rings is 2. The molecule has 1 N–H and O–H groups in total. The van der Waals surface area contributed by atoms with Gasteiger partial charge in [0.25, 0.3) is 5.56 Å². The van der Waals surface area contributed by atoms with Crippen LogP contribution < -0.4 is 11.0 Å². The minimum Gasteiger partial charge on any atom is -0.321 e. The molecular weight excluding hydrogens is 238 g/mol. The Morgan fingerprint density at radius 1 is 0.947 bits per heavy atom. The zero-order valence-corrected chi connectivity index (χ0v) is 10.6. The van der Waals surface area contributed by atoms with Crippen molar-refractivity contribution in [1.82, 2.24) is 4.98 Å². The topological polar surface area (TPSA) is 49.9 Å². The van der Waals surface area contributed by atoms with E-state index in [0.29, 0.717) is 21.7 Å². The average molecular weight is 251 g/mol. The summed E-state index contributed by atoms with van der Waals surface area (Å²) in [6.45, 7) is 2.04. The van der Waals surface area contributed by atoms with Crippen LogP contribution in [0.1, 0.15) is 12.5 Å². The van der Waals surface area contributed by atoms with Crippen molar-refractivity contribution in [3.8, 4) is 0 Å². The second-order valence-electron chi connectivity index (χ2n) is 4.56. The smallest absolute Gasteiger partial charge is 0.256 e. The number of H-pyrrole nitrogens is 1. The van der Waals surface area contributed by atoms with Gasteiger partial charge in [-0.15, -0.1) is 0 Å². The van der Waals surface area contributed by atoms with Gasteiger partial charge in [-0.05, 0) is 30.2 Å². The molecule has 0 aliphatic rings. The summed E-state index contributed by atoms with van der Waals surface area (Å²) in [7, 11) is 0. The molecule has 0 bridgehead atoms. The van der Waals surface area contributed by atoms with E-state index in [1.54, 1.807) is 30.3 Å². The van der Waals surface area contributed by atoms with E-state index in [2.05, 4.69) is 4.98 Å². The van der Waals surface area contributed by atoms with Gasteiger partial charge in [0.2, 0.25) is 0 Å². The fraction of sp³-hybridized carbons (Fsp3) is 0.125. The Balaban J connectivity index is 2.65. The third-order valence-electron chi connectivity index (χ3n) is 3.40. The lowest BCUT2D eigenvalue weighted by Crippen LogP contribution is -2.02. The molecule has 3 aromatic rings. The monoisotopic (exact) mass is 251 g/mol. The van der Waals surface area contributed by atoms with Crippen molar-refractivity contribution in [1.29, 1.82) is 0 Å². The Kier molecular flexibility index (Phi) is 2.67. The zero-order chi connectivity index (χ0) is 13.4. The first-order valence-corrected chi connectivity index (χ1v) is 6.28. The van der Waals surface area contributed by atoms with Gasteiger partial charge in [0.05, 0.1) is 10.9 Å². The molecule has 0 unspecified atom stereocenters. The quantitative estimate of drug-likeness (QED) is 0.722. The first-order chi connectivity index (χ1) is 9.20. The summed E-state index contributed by atoms with van der Waals surface area (Å²) >= 11 is 0. The molecule has 0 saturated heterocycles. The van der Waals surface area contributed by atoms with Crippen LogP contribution in [-0.2, 0) is 6.42 Å². The van der Waals surface area contributed by atoms with Gasteiger partial charge < -0.3 is 4.98 Å². The molecule has 0 aliphatic carbocycles. The lowest BCUT2D eigenvalue weighted by atomic mass is 10.1. The molecular formula is C16H13NO2. The molecule has 0 atom stereocenters. The largest absolute Gasteiger partial charge is 0.321 e. The van der Waals surface area contributed by atoms with E-state index in [1.807, 2.05) is 19.1 Å². The van der Waals surface area contributed by atoms with E-state index in [4.69, 9.17) is 0 Å². The number of fused-ring (bicyclic) bond motifs is 2. The Morgan fingerprint density at radius 2 is 1.68 bits per heavy atom. The van der Waals surface area contributed by atoms with Crippen LogP contribution in [-0.4, -0.2) is 4.98 Å². The maximum absolute atomic E-state index is 12.5. The maximum Gasteiger partial charge on any atom is 0.256 e. The Bertz CT molecular complexity index is 894. The number of rotatable bonds is 1. The Hall–Kier alpha value is -2.42. The molecule has 0 fully saturated rings. The molecule has 0 aliphatic heterocycles. The molecule has 3 rings (SSSR count). The van der Waals surface area contributed by atoms with Crippen molar-refractivity contribution in [3.05, 3.63) is 68.6 Å². The Morgan fingerprint density at radius 3 is 2.42 bits per heavy atom. The van der Waals surface area contributed by atoms with Crippen molar-refractivity contribution in [2.75, 3.05) is 0 Å². The summed E-state index contributed by atoms with van der Waals surface area (Å²) < 4.78 is 0. The van der Waals surface area contributed by atoms with Crippen LogP contribution in [0, 0.1) is 0 Å². The van der Waals surface area contributed by atoms with E-state index >= 15 is 0 Å². The van der Waals surface area contributed by atoms with Crippen LogP contribution in [0.4, 0.5) is 0 Å². The summed E-state index contributed by atoms with van der Waals surface area (Å²) in [6, 6.07) is 12.5. The predicted molar refractivity (Wildman–Crippen MR) is 77.7 cm³/mol. The highest BCUT2D eigenvalue weighted by atomic mass is 16.1. The highest BCUT2D eigenvalue weighted by molar-refractivity contribution is 5.90. The number of hydrogen-bond acceptors (Lipinski definition) is 2.